The van der Waals surface area contributed by atoms with Gasteiger partial charge in [-0.2, -0.15) is 10.2 Å². The first-order valence-electron chi connectivity index (χ1n) is 10.3. The van der Waals surface area contributed by atoms with Crippen LogP contribution in [0.15, 0.2) is 30.5 Å². The van der Waals surface area contributed by atoms with Crippen molar-refractivity contribution < 1.29 is 4.74 Å². The maximum Gasteiger partial charge on any atom is 0.137 e. The fourth-order valence-electron chi connectivity index (χ4n) is 3.74. The number of anilines is 1. The van der Waals surface area contributed by atoms with E-state index in [0.29, 0.717) is 0 Å². The van der Waals surface area contributed by atoms with Crippen molar-refractivity contribution in [2.24, 2.45) is 0 Å². The third kappa shape index (κ3) is 3.63. The number of rotatable bonds is 7. The Bertz CT molecular complexity index is 1160. The Morgan fingerprint density at radius 1 is 1.10 bits per heavy atom. The van der Waals surface area contributed by atoms with Gasteiger partial charge in [-0.1, -0.05) is 19.1 Å². The van der Waals surface area contributed by atoms with Gasteiger partial charge in [0.2, 0.25) is 0 Å². The molecule has 0 saturated carbocycles. The highest BCUT2D eigenvalue weighted by molar-refractivity contribution is 6.01. The van der Waals surface area contributed by atoms with Gasteiger partial charge in [-0.3, -0.25) is 10.2 Å². The summed E-state index contributed by atoms with van der Waals surface area (Å²) in [5.74, 6) is 1.67. The Morgan fingerprint density at radius 3 is 2.50 bits per heavy atom. The maximum absolute atomic E-state index is 5.27. The van der Waals surface area contributed by atoms with E-state index in [0.717, 1.165) is 63.5 Å². The van der Waals surface area contributed by atoms with E-state index in [1.165, 1.54) is 5.56 Å². The molecule has 0 aliphatic rings. The first kappa shape index (κ1) is 19.9. The molecule has 7 nitrogen and oxygen atoms in total. The second kappa shape index (κ2) is 8.18. The van der Waals surface area contributed by atoms with E-state index >= 15 is 0 Å². The van der Waals surface area contributed by atoms with Crippen molar-refractivity contribution in [2.75, 3.05) is 12.4 Å². The molecule has 0 atom stereocenters. The average Bonchev–Trinajstić information content (AvgIpc) is 3.33. The number of ether oxygens (including phenoxy) is 1. The molecular weight excluding hydrogens is 376 g/mol. The molecule has 0 amide bonds. The number of methoxy groups -OCH3 is 1. The number of nitrogens with zero attached hydrogens (tertiary/aromatic N) is 3. The van der Waals surface area contributed by atoms with Crippen molar-refractivity contribution in [1.29, 1.82) is 0 Å². The standard InChI is InChI=1S/C23H28N6O/c1-6-18-14(4)20(27-26-18)22-19-21(28-29-22)16(12-24-23(19)25-13(2)3)11-15-7-9-17(30-5)10-8-15/h7-10,12-13H,6,11H2,1-5H3,(H,24,25)(H,26,27)(H,28,29). The van der Waals surface area contributed by atoms with Gasteiger partial charge in [0.25, 0.3) is 0 Å². The number of benzene rings is 1. The number of aromatic nitrogens is 5. The van der Waals surface area contributed by atoms with E-state index in [-0.39, 0.29) is 6.04 Å². The van der Waals surface area contributed by atoms with Crippen molar-refractivity contribution >= 4 is 16.7 Å². The minimum Gasteiger partial charge on any atom is -0.497 e. The first-order chi connectivity index (χ1) is 14.5. The predicted molar refractivity (Wildman–Crippen MR) is 120 cm³/mol. The van der Waals surface area contributed by atoms with E-state index < -0.39 is 0 Å². The van der Waals surface area contributed by atoms with Gasteiger partial charge in [0, 0.05) is 29.9 Å². The lowest BCUT2D eigenvalue weighted by Gasteiger charge is -2.12. The molecule has 0 radical (unpaired) electrons. The van der Waals surface area contributed by atoms with Crippen LogP contribution in [0.4, 0.5) is 5.82 Å². The Balaban J connectivity index is 1.83. The fourth-order valence-corrected chi connectivity index (χ4v) is 3.74. The summed E-state index contributed by atoms with van der Waals surface area (Å²) in [6.07, 6.45) is 3.55. The van der Waals surface area contributed by atoms with Gasteiger partial charge >= 0.3 is 0 Å². The number of H-pyrrole nitrogens is 2. The topological polar surface area (TPSA) is 91.5 Å². The quantitative estimate of drug-likeness (QED) is 0.417. The molecule has 3 heterocycles. The lowest BCUT2D eigenvalue weighted by Crippen LogP contribution is -2.11. The lowest BCUT2D eigenvalue weighted by atomic mass is 10.0. The van der Waals surface area contributed by atoms with Crippen molar-refractivity contribution in [3.63, 3.8) is 0 Å². The molecule has 156 valence electrons. The summed E-state index contributed by atoms with van der Waals surface area (Å²) >= 11 is 0. The molecule has 0 aliphatic carbocycles. The maximum atomic E-state index is 5.27. The summed E-state index contributed by atoms with van der Waals surface area (Å²) in [7, 11) is 1.68. The number of nitrogens with one attached hydrogen (secondary N) is 3. The summed E-state index contributed by atoms with van der Waals surface area (Å²) in [4.78, 5) is 4.76. The second-order valence-electron chi connectivity index (χ2n) is 7.81. The highest BCUT2D eigenvalue weighted by atomic mass is 16.5. The molecule has 0 spiro atoms. The van der Waals surface area contributed by atoms with E-state index in [2.05, 4.69) is 65.5 Å². The smallest absolute Gasteiger partial charge is 0.137 e. The van der Waals surface area contributed by atoms with E-state index in [4.69, 9.17) is 9.72 Å². The highest BCUT2D eigenvalue weighted by Crippen LogP contribution is 2.35. The largest absolute Gasteiger partial charge is 0.497 e. The fraction of sp³-hybridized carbons (Fsp3) is 0.348. The van der Waals surface area contributed by atoms with Crippen LogP contribution in [0.25, 0.3) is 22.3 Å². The minimum atomic E-state index is 0.252. The molecule has 30 heavy (non-hydrogen) atoms. The molecule has 1 aromatic carbocycles. The van der Waals surface area contributed by atoms with Gasteiger partial charge in [-0.15, -0.1) is 0 Å². The van der Waals surface area contributed by atoms with Crippen LogP contribution in [-0.2, 0) is 12.8 Å². The molecule has 0 bridgehead atoms. The minimum absolute atomic E-state index is 0.252. The van der Waals surface area contributed by atoms with Gasteiger partial charge < -0.3 is 10.1 Å². The number of fused-ring (bicyclic) bond motifs is 1. The van der Waals surface area contributed by atoms with Gasteiger partial charge in [-0.05, 0) is 50.5 Å². The van der Waals surface area contributed by atoms with Crippen LogP contribution in [0.5, 0.6) is 5.75 Å². The predicted octanol–water partition coefficient (Wildman–Crippen LogP) is 4.64. The molecule has 4 rings (SSSR count). The number of aryl methyl sites for hydroxylation is 1. The van der Waals surface area contributed by atoms with Crippen LogP contribution in [0.3, 0.4) is 0 Å². The molecule has 0 aliphatic heterocycles. The van der Waals surface area contributed by atoms with Crippen molar-refractivity contribution in [2.45, 2.75) is 46.6 Å². The van der Waals surface area contributed by atoms with Crippen LogP contribution < -0.4 is 10.1 Å². The normalized spacial score (nSPS) is 11.4. The van der Waals surface area contributed by atoms with Gasteiger partial charge in [-0.25, -0.2) is 4.98 Å². The zero-order chi connectivity index (χ0) is 21.3. The Kier molecular flexibility index (Phi) is 5.44. The molecule has 4 aromatic rings. The zero-order valence-corrected chi connectivity index (χ0v) is 18.1. The van der Waals surface area contributed by atoms with Crippen LogP contribution in [0, 0.1) is 6.92 Å². The molecule has 0 unspecified atom stereocenters. The second-order valence-corrected chi connectivity index (χ2v) is 7.81. The third-order valence-electron chi connectivity index (χ3n) is 5.34. The van der Waals surface area contributed by atoms with E-state index in [1.54, 1.807) is 7.11 Å². The van der Waals surface area contributed by atoms with Gasteiger partial charge in [0.05, 0.1) is 18.2 Å². The monoisotopic (exact) mass is 404 g/mol. The molecule has 7 heteroatoms. The Morgan fingerprint density at radius 2 is 1.87 bits per heavy atom. The van der Waals surface area contributed by atoms with Crippen LogP contribution in [0.2, 0.25) is 0 Å². The zero-order valence-electron chi connectivity index (χ0n) is 18.1. The molecule has 3 N–H and O–H groups in total. The molecular formula is C23H28N6O. The lowest BCUT2D eigenvalue weighted by molar-refractivity contribution is 0.414. The summed E-state index contributed by atoms with van der Waals surface area (Å²) in [6, 6.07) is 8.35. The van der Waals surface area contributed by atoms with Gasteiger partial charge in [0.1, 0.15) is 22.8 Å². The summed E-state index contributed by atoms with van der Waals surface area (Å²) < 4.78 is 5.27. The SMILES string of the molecule is CCc1[nH]nc(-c2[nH]nc3c(Cc4ccc(OC)cc4)cnc(NC(C)C)c23)c1C. The third-order valence-corrected chi connectivity index (χ3v) is 5.34. The number of hydrogen-bond acceptors (Lipinski definition) is 5. The molecule has 3 aromatic heterocycles. The summed E-state index contributed by atoms with van der Waals surface area (Å²) in [6.45, 7) is 8.42. The number of pyridine rings is 1. The highest BCUT2D eigenvalue weighted by Gasteiger charge is 2.21. The van der Waals surface area contributed by atoms with Crippen LogP contribution in [0.1, 0.15) is 43.2 Å². The van der Waals surface area contributed by atoms with Crippen molar-refractivity contribution in [1.82, 2.24) is 25.4 Å². The first-order valence-corrected chi connectivity index (χ1v) is 10.3. The van der Waals surface area contributed by atoms with Crippen molar-refractivity contribution in [3.05, 3.63) is 52.8 Å². The van der Waals surface area contributed by atoms with Crippen LogP contribution in [-0.4, -0.2) is 38.5 Å². The van der Waals surface area contributed by atoms with E-state index in [9.17, 15) is 0 Å². The van der Waals surface area contributed by atoms with Gasteiger partial charge in [0.15, 0.2) is 0 Å². The van der Waals surface area contributed by atoms with E-state index in [1.807, 2.05) is 18.3 Å². The van der Waals surface area contributed by atoms with Crippen molar-refractivity contribution in [3.8, 4) is 17.1 Å². The molecule has 0 saturated heterocycles. The van der Waals surface area contributed by atoms with Crippen LogP contribution >= 0.6 is 0 Å². The summed E-state index contributed by atoms with van der Waals surface area (Å²) in [5, 5.41) is 20.1. The number of aromatic amines is 2. The Labute approximate surface area is 176 Å². The Hall–Kier alpha value is -3.35. The number of hydrogen-bond donors (Lipinski definition) is 3. The molecule has 0 fully saturated rings. The summed E-state index contributed by atoms with van der Waals surface area (Å²) in [5.41, 5.74) is 7.22. The average molecular weight is 405 g/mol.